The molecule has 0 aromatic rings. The minimum atomic E-state index is -0.227. The minimum absolute atomic E-state index is 0.227. The van der Waals surface area contributed by atoms with Crippen LogP contribution in [0.2, 0.25) is 0 Å². The molecule has 0 heterocycles. The molecule has 0 aromatic heterocycles. The third-order valence-corrected chi connectivity index (χ3v) is 2.88. The van der Waals surface area contributed by atoms with Crippen LogP contribution in [0.3, 0.4) is 0 Å². The van der Waals surface area contributed by atoms with Gasteiger partial charge in [-0.25, -0.2) is 0 Å². The smallest absolute Gasteiger partial charge is 0.140 e. The highest BCUT2D eigenvalue weighted by Gasteiger charge is 2.19. The fourth-order valence-electron chi connectivity index (χ4n) is 0.742. The fourth-order valence-corrected chi connectivity index (χ4v) is 1.24. The zero-order chi connectivity index (χ0) is 9.33. The van der Waals surface area contributed by atoms with E-state index in [1.807, 2.05) is 0 Å². The second kappa shape index (κ2) is 8.20. The molecule has 0 fully saturated rings. The van der Waals surface area contributed by atoms with Crippen molar-refractivity contribution in [3.63, 3.8) is 0 Å². The van der Waals surface area contributed by atoms with Crippen LogP contribution in [-0.2, 0) is 9.47 Å². The first kappa shape index (κ1) is 13.7. The highest BCUT2D eigenvalue weighted by molar-refractivity contribution is 6.13. The van der Waals surface area contributed by atoms with Gasteiger partial charge in [0, 0.05) is 14.2 Å². The summed E-state index contributed by atoms with van der Waals surface area (Å²) in [7, 11) is 5.84. The zero-order valence-corrected chi connectivity index (χ0v) is 10.3. The Labute approximate surface area is 72.7 Å². The molecule has 0 atom stereocenters. The van der Waals surface area contributed by atoms with Gasteiger partial charge in [-0.15, -0.1) is 0 Å². The van der Waals surface area contributed by atoms with E-state index in [0.29, 0.717) is 0 Å². The molecular formula is C7H21NO2Si. The van der Waals surface area contributed by atoms with Crippen molar-refractivity contribution in [2.45, 2.75) is 25.2 Å². The van der Waals surface area contributed by atoms with E-state index in [2.05, 4.69) is 12.7 Å². The Morgan fingerprint density at radius 2 is 1.64 bits per heavy atom. The molecule has 0 aliphatic carbocycles. The Bertz CT molecular complexity index is 76.8. The summed E-state index contributed by atoms with van der Waals surface area (Å²) in [5.74, 6) is 0. The van der Waals surface area contributed by atoms with E-state index in [4.69, 9.17) is 9.47 Å². The average molecular weight is 179 g/mol. The van der Waals surface area contributed by atoms with Crippen LogP contribution >= 0.6 is 0 Å². The van der Waals surface area contributed by atoms with Gasteiger partial charge in [0.2, 0.25) is 0 Å². The molecule has 0 radical (unpaired) electrons. The maximum absolute atomic E-state index is 5.17. The summed E-state index contributed by atoms with van der Waals surface area (Å²) in [6.45, 7) is 2.13. The standard InChI is InChI=1S/C6H16O2Si.CH5N/c1-4-5-6(9,7-2)8-3;1-2/h4-5H2,1-3,9H3;2H2,1H3. The zero-order valence-electron chi connectivity index (χ0n) is 8.31. The molecular weight excluding hydrogens is 158 g/mol. The molecule has 0 rings (SSSR count). The minimum Gasteiger partial charge on any atom is -0.358 e. The molecule has 0 spiro atoms. The van der Waals surface area contributed by atoms with Crippen molar-refractivity contribution in [3.05, 3.63) is 0 Å². The lowest BCUT2D eigenvalue weighted by Crippen LogP contribution is -2.33. The van der Waals surface area contributed by atoms with Crippen molar-refractivity contribution in [2.75, 3.05) is 21.3 Å². The van der Waals surface area contributed by atoms with E-state index in [0.717, 1.165) is 23.1 Å². The van der Waals surface area contributed by atoms with E-state index in [-0.39, 0.29) is 5.41 Å². The van der Waals surface area contributed by atoms with E-state index in [1.165, 1.54) is 7.05 Å². The summed E-state index contributed by atoms with van der Waals surface area (Å²) in [6, 6.07) is 0. The molecule has 70 valence electrons. The second-order valence-corrected chi connectivity index (χ2v) is 3.82. The first-order chi connectivity index (χ1) is 5.18. The first-order valence-corrected chi connectivity index (χ1v) is 4.86. The molecule has 4 heteroatoms. The normalized spacial score (nSPS) is 10.6. The van der Waals surface area contributed by atoms with Gasteiger partial charge in [0.05, 0.1) is 10.2 Å². The SMILES string of the molecule is CCCC([SiH3])(OC)OC.CN. The predicted molar refractivity (Wildman–Crippen MR) is 51.7 cm³/mol. The molecule has 0 saturated heterocycles. The van der Waals surface area contributed by atoms with Gasteiger partial charge in [-0.3, -0.25) is 0 Å². The Morgan fingerprint density at radius 3 is 1.73 bits per heavy atom. The van der Waals surface area contributed by atoms with Crippen molar-refractivity contribution in [1.29, 1.82) is 0 Å². The Balaban J connectivity index is 0. The van der Waals surface area contributed by atoms with Crippen LogP contribution in [0.1, 0.15) is 19.8 Å². The molecule has 11 heavy (non-hydrogen) atoms. The van der Waals surface area contributed by atoms with Crippen LogP contribution < -0.4 is 5.73 Å². The van der Waals surface area contributed by atoms with Gasteiger partial charge in [0.1, 0.15) is 5.41 Å². The van der Waals surface area contributed by atoms with Gasteiger partial charge in [-0.05, 0) is 13.5 Å². The van der Waals surface area contributed by atoms with E-state index in [1.54, 1.807) is 14.2 Å². The van der Waals surface area contributed by atoms with Gasteiger partial charge in [0.15, 0.2) is 0 Å². The molecule has 0 aliphatic rings. The third-order valence-electron chi connectivity index (χ3n) is 1.57. The number of nitrogens with two attached hydrogens (primary N) is 1. The highest BCUT2D eigenvalue weighted by atomic mass is 28.1. The summed E-state index contributed by atoms with van der Waals surface area (Å²) in [5, 5.41) is 0. The molecule has 0 unspecified atom stereocenters. The maximum atomic E-state index is 5.17. The number of ether oxygens (including phenoxy) is 2. The van der Waals surface area contributed by atoms with Gasteiger partial charge >= 0.3 is 0 Å². The number of hydrogen-bond acceptors (Lipinski definition) is 3. The van der Waals surface area contributed by atoms with Gasteiger partial charge in [-0.1, -0.05) is 13.3 Å². The van der Waals surface area contributed by atoms with Crippen LogP contribution in [0.4, 0.5) is 0 Å². The summed E-state index contributed by atoms with van der Waals surface area (Å²) >= 11 is 0. The van der Waals surface area contributed by atoms with Crippen molar-refractivity contribution < 1.29 is 9.47 Å². The largest absolute Gasteiger partial charge is 0.358 e. The lowest BCUT2D eigenvalue weighted by Gasteiger charge is -2.25. The molecule has 3 nitrogen and oxygen atoms in total. The monoisotopic (exact) mass is 179 g/mol. The van der Waals surface area contributed by atoms with Gasteiger partial charge in [0.25, 0.3) is 0 Å². The van der Waals surface area contributed by atoms with E-state index in [9.17, 15) is 0 Å². The van der Waals surface area contributed by atoms with Crippen LogP contribution in [0.15, 0.2) is 0 Å². The molecule has 0 aliphatic heterocycles. The van der Waals surface area contributed by atoms with Crippen molar-refractivity contribution in [2.24, 2.45) is 5.73 Å². The van der Waals surface area contributed by atoms with Crippen LogP contribution in [-0.4, -0.2) is 36.9 Å². The summed E-state index contributed by atoms with van der Waals surface area (Å²) in [4.78, 5) is 0. The predicted octanol–water partition coefficient (Wildman–Crippen LogP) is -0.327. The molecule has 0 bridgehead atoms. The van der Waals surface area contributed by atoms with E-state index >= 15 is 0 Å². The average Bonchev–Trinajstić information content (AvgIpc) is 2.08. The Hall–Kier alpha value is 0.0969. The highest BCUT2D eigenvalue weighted by Crippen LogP contribution is 2.12. The Kier molecular flexibility index (Phi) is 10.2. The third kappa shape index (κ3) is 6.49. The fraction of sp³-hybridized carbons (Fsp3) is 1.00. The van der Waals surface area contributed by atoms with E-state index < -0.39 is 0 Å². The molecule has 0 aromatic carbocycles. The van der Waals surface area contributed by atoms with Crippen LogP contribution in [0, 0.1) is 0 Å². The molecule has 0 amide bonds. The van der Waals surface area contributed by atoms with Crippen LogP contribution in [0.5, 0.6) is 0 Å². The topological polar surface area (TPSA) is 44.5 Å². The van der Waals surface area contributed by atoms with Crippen molar-refractivity contribution >= 4 is 10.2 Å². The lowest BCUT2D eigenvalue weighted by atomic mass is 10.3. The molecule has 0 saturated carbocycles. The second-order valence-electron chi connectivity index (χ2n) is 2.29. The van der Waals surface area contributed by atoms with Crippen molar-refractivity contribution in [3.8, 4) is 0 Å². The van der Waals surface area contributed by atoms with Crippen LogP contribution in [0.25, 0.3) is 0 Å². The summed E-state index contributed by atoms with van der Waals surface area (Å²) < 4.78 is 10.3. The molecule has 2 N–H and O–H groups in total. The first-order valence-electron chi connectivity index (χ1n) is 3.86. The van der Waals surface area contributed by atoms with Gasteiger partial charge in [-0.2, -0.15) is 0 Å². The number of methoxy groups -OCH3 is 2. The number of rotatable bonds is 4. The lowest BCUT2D eigenvalue weighted by molar-refractivity contribution is -0.145. The quantitative estimate of drug-likeness (QED) is 0.475. The number of hydrogen-bond donors (Lipinski definition) is 1. The summed E-state index contributed by atoms with van der Waals surface area (Å²) in [6.07, 6.45) is 2.12. The maximum Gasteiger partial charge on any atom is 0.140 e. The van der Waals surface area contributed by atoms with Crippen molar-refractivity contribution in [1.82, 2.24) is 0 Å². The van der Waals surface area contributed by atoms with Gasteiger partial charge < -0.3 is 15.2 Å². The Morgan fingerprint density at radius 1 is 1.27 bits per heavy atom. The summed E-state index contributed by atoms with van der Waals surface area (Å²) in [5.41, 5.74) is 4.27.